The molecule has 5 nitrogen and oxygen atoms in total. The first kappa shape index (κ1) is 13.4. The van der Waals surface area contributed by atoms with Crippen LogP contribution in [0.4, 0.5) is 5.69 Å². The zero-order chi connectivity index (χ0) is 14.2. The number of carbonyl (C=O) groups is 2. The average molecular weight is 262 g/mol. The van der Waals surface area contributed by atoms with Gasteiger partial charge in [-0.2, -0.15) is 0 Å². The third-order valence-electron chi connectivity index (χ3n) is 3.16. The molecule has 0 aromatic heterocycles. The summed E-state index contributed by atoms with van der Waals surface area (Å²) < 4.78 is 5.28. The van der Waals surface area contributed by atoms with Crippen molar-refractivity contribution in [1.82, 2.24) is 5.32 Å². The van der Waals surface area contributed by atoms with E-state index in [0.29, 0.717) is 11.4 Å². The molecule has 1 fully saturated rings. The van der Waals surface area contributed by atoms with Crippen LogP contribution in [-0.4, -0.2) is 31.0 Å². The number of carbonyl (C=O) groups excluding carboxylic acids is 2. The van der Waals surface area contributed by atoms with Crippen molar-refractivity contribution in [1.29, 1.82) is 0 Å². The summed E-state index contributed by atoms with van der Waals surface area (Å²) in [5, 5.41) is 2.69. The van der Waals surface area contributed by atoms with Crippen LogP contribution in [0.15, 0.2) is 18.2 Å². The highest BCUT2D eigenvalue weighted by Gasteiger charge is 2.40. The van der Waals surface area contributed by atoms with Crippen LogP contribution in [0.25, 0.3) is 0 Å². The van der Waals surface area contributed by atoms with E-state index in [0.717, 1.165) is 5.56 Å². The Balaban J connectivity index is 2.48. The number of aryl methyl sites for hydroxylation is 1. The number of methoxy groups -OCH3 is 1. The predicted octanol–water partition coefficient (Wildman–Crippen LogP) is 1.25. The van der Waals surface area contributed by atoms with Gasteiger partial charge in [-0.3, -0.25) is 14.5 Å². The lowest BCUT2D eigenvalue weighted by atomic mass is 9.99. The second-order valence-electron chi connectivity index (χ2n) is 5.24. The molecule has 1 saturated heterocycles. The van der Waals surface area contributed by atoms with Gasteiger partial charge in [0.2, 0.25) is 5.91 Å². The minimum atomic E-state index is -0.899. The number of nitrogens with zero attached hydrogens (tertiary/aromatic N) is 1. The Kier molecular flexibility index (Phi) is 3.22. The number of hydrogen-bond acceptors (Lipinski definition) is 3. The molecule has 0 bridgehead atoms. The highest BCUT2D eigenvalue weighted by molar-refractivity contribution is 6.09. The second-order valence-corrected chi connectivity index (χ2v) is 5.24. The van der Waals surface area contributed by atoms with E-state index < -0.39 is 5.54 Å². The maximum atomic E-state index is 12.4. The van der Waals surface area contributed by atoms with E-state index in [-0.39, 0.29) is 18.4 Å². The Hall–Kier alpha value is -2.04. The summed E-state index contributed by atoms with van der Waals surface area (Å²) in [5.41, 5.74) is 0.743. The Bertz CT molecular complexity index is 537. The van der Waals surface area contributed by atoms with Crippen LogP contribution in [0, 0.1) is 6.92 Å². The molecule has 5 heteroatoms. The zero-order valence-corrected chi connectivity index (χ0v) is 11.6. The molecule has 2 rings (SSSR count). The van der Waals surface area contributed by atoms with E-state index >= 15 is 0 Å². The molecule has 2 amide bonds. The summed E-state index contributed by atoms with van der Waals surface area (Å²) in [6.07, 6.45) is 0. The van der Waals surface area contributed by atoms with Crippen molar-refractivity contribution in [2.75, 3.05) is 18.6 Å². The molecule has 1 aliphatic rings. The van der Waals surface area contributed by atoms with E-state index in [1.54, 1.807) is 27.0 Å². The van der Waals surface area contributed by atoms with Gasteiger partial charge in [-0.05, 0) is 38.5 Å². The fourth-order valence-corrected chi connectivity index (χ4v) is 2.20. The molecule has 1 aromatic carbocycles. The maximum absolute atomic E-state index is 12.4. The van der Waals surface area contributed by atoms with Gasteiger partial charge in [-0.25, -0.2) is 0 Å². The van der Waals surface area contributed by atoms with Gasteiger partial charge in [-0.15, -0.1) is 0 Å². The first-order valence-electron chi connectivity index (χ1n) is 6.13. The first-order valence-corrected chi connectivity index (χ1v) is 6.13. The van der Waals surface area contributed by atoms with Gasteiger partial charge in [0.1, 0.15) is 17.8 Å². The quantitative estimate of drug-likeness (QED) is 0.872. The summed E-state index contributed by atoms with van der Waals surface area (Å²) in [7, 11) is 1.55. The lowest BCUT2D eigenvalue weighted by Crippen LogP contribution is -2.64. The average Bonchev–Trinajstić information content (AvgIpc) is 2.33. The molecule has 0 spiro atoms. The van der Waals surface area contributed by atoms with Crippen LogP contribution in [0.5, 0.6) is 5.75 Å². The monoisotopic (exact) mass is 262 g/mol. The van der Waals surface area contributed by atoms with Gasteiger partial charge in [-0.1, -0.05) is 6.07 Å². The molecule has 1 aliphatic heterocycles. The fourth-order valence-electron chi connectivity index (χ4n) is 2.20. The fraction of sp³-hybridized carbons (Fsp3) is 0.429. The molecule has 0 unspecified atom stereocenters. The van der Waals surface area contributed by atoms with Crippen molar-refractivity contribution in [3.05, 3.63) is 23.8 Å². The van der Waals surface area contributed by atoms with E-state index in [4.69, 9.17) is 4.74 Å². The number of piperazine rings is 1. The number of amides is 2. The van der Waals surface area contributed by atoms with Gasteiger partial charge in [0.05, 0.1) is 12.8 Å². The van der Waals surface area contributed by atoms with Crippen LogP contribution < -0.4 is 15.0 Å². The molecule has 19 heavy (non-hydrogen) atoms. The summed E-state index contributed by atoms with van der Waals surface area (Å²) in [6.45, 7) is 5.34. The number of nitrogens with one attached hydrogen (secondary N) is 1. The van der Waals surface area contributed by atoms with Gasteiger partial charge in [0.15, 0.2) is 0 Å². The third-order valence-corrected chi connectivity index (χ3v) is 3.16. The van der Waals surface area contributed by atoms with Gasteiger partial charge < -0.3 is 10.1 Å². The van der Waals surface area contributed by atoms with Crippen LogP contribution in [-0.2, 0) is 9.59 Å². The zero-order valence-electron chi connectivity index (χ0n) is 11.6. The molecule has 1 heterocycles. The minimum absolute atomic E-state index is 0.0159. The molecule has 0 atom stereocenters. The molecular formula is C14H18N2O3. The number of rotatable bonds is 2. The first-order chi connectivity index (χ1) is 8.85. The standard InChI is InChI=1S/C14H18N2O3/c1-9-5-6-11(19-4)10(7-9)16-8-12(17)15-14(2,3)13(16)18/h5-7H,8H2,1-4H3,(H,15,17). The number of hydrogen-bond donors (Lipinski definition) is 1. The Morgan fingerprint density at radius 1 is 1.32 bits per heavy atom. The molecule has 0 radical (unpaired) electrons. The molecular weight excluding hydrogens is 244 g/mol. The van der Waals surface area contributed by atoms with Crippen molar-refractivity contribution < 1.29 is 14.3 Å². The van der Waals surface area contributed by atoms with Crippen molar-refractivity contribution >= 4 is 17.5 Å². The van der Waals surface area contributed by atoms with Gasteiger partial charge >= 0.3 is 0 Å². The normalized spacial score (nSPS) is 18.2. The van der Waals surface area contributed by atoms with Crippen LogP contribution in [0.3, 0.4) is 0 Å². The highest BCUT2D eigenvalue weighted by Crippen LogP contribution is 2.31. The van der Waals surface area contributed by atoms with Crippen LogP contribution in [0.2, 0.25) is 0 Å². The van der Waals surface area contributed by atoms with E-state index in [9.17, 15) is 9.59 Å². The summed E-state index contributed by atoms with van der Waals surface area (Å²) in [4.78, 5) is 25.7. The third kappa shape index (κ3) is 2.41. The summed E-state index contributed by atoms with van der Waals surface area (Å²) >= 11 is 0. The van der Waals surface area contributed by atoms with Crippen molar-refractivity contribution in [2.24, 2.45) is 0 Å². The maximum Gasteiger partial charge on any atom is 0.252 e. The van der Waals surface area contributed by atoms with E-state index in [1.165, 1.54) is 4.90 Å². The van der Waals surface area contributed by atoms with Crippen molar-refractivity contribution in [2.45, 2.75) is 26.3 Å². The van der Waals surface area contributed by atoms with Gasteiger partial charge in [0, 0.05) is 0 Å². The second kappa shape index (κ2) is 4.57. The molecule has 0 aliphatic carbocycles. The number of anilines is 1. The Morgan fingerprint density at radius 2 is 2.00 bits per heavy atom. The number of ether oxygens (including phenoxy) is 1. The minimum Gasteiger partial charge on any atom is -0.495 e. The summed E-state index contributed by atoms with van der Waals surface area (Å²) in [6, 6.07) is 5.56. The summed E-state index contributed by atoms with van der Waals surface area (Å²) in [5.74, 6) is 0.272. The molecule has 1 aromatic rings. The van der Waals surface area contributed by atoms with Gasteiger partial charge in [0.25, 0.3) is 5.91 Å². The van der Waals surface area contributed by atoms with E-state index in [1.807, 2.05) is 19.1 Å². The van der Waals surface area contributed by atoms with Crippen molar-refractivity contribution in [3.8, 4) is 5.75 Å². The van der Waals surface area contributed by atoms with Crippen LogP contribution >= 0.6 is 0 Å². The molecule has 102 valence electrons. The topological polar surface area (TPSA) is 58.6 Å². The smallest absolute Gasteiger partial charge is 0.252 e. The Labute approximate surface area is 112 Å². The molecule has 1 N–H and O–H groups in total. The molecule has 0 saturated carbocycles. The lowest BCUT2D eigenvalue weighted by Gasteiger charge is -2.37. The SMILES string of the molecule is COc1ccc(C)cc1N1CC(=O)NC(C)(C)C1=O. The Morgan fingerprint density at radius 3 is 2.63 bits per heavy atom. The number of benzene rings is 1. The lowest BCUT2D eigenvalue weighted by molar-refractivity contribution is -0.134. The van der Waals surface area contributed by atoms with Crippen molar-refractivity contribution in [3.63, 3.8) is 0 Å². The largest absolute Gasteiger partial charge is 0.495 e. The van der Waals surface area contributed by atoms with E-state index in [2.05, 4.69) is 5.32 Å². The predicted molar refractivity (Wildman–Crippen MR) is 72.3 cm³/mol. The van der Waals surface area contributed by atoms with Crippen LogP contribution in [0.1, 0.15) is 19.4 Å². The highest BCUT2D eigenvalue weighted by atomic mass is 16.5.